The molecule has 0 spiro atoms. The van der Waals surface area contributed by atoms with Crippen LogP contribution in [0.1, 0.15) is 86.5 Å². The number of hydrogen-bond donors (Lipinski definition) is 5. The Morgan fingerprint density at radius 3 is 2.17 bits per heavy atom. The summed E-state index contributed by atoms with van der Waals surface area (Å²) in [6.45, 7) is 12.5. The van der Waals surface area contributed by atoms with Gasteiger partial charge in [-0.25, -0.2) is 0 Å². The molecule has 36 heavy (non-hydrogen) atoms. The first kappa shape index (κ1) is 26.8. The molecule has 5 rings (SSSR count). The van der Waals surface area contributed by atoms with E-state index in [1.54, 1.807) is 0 Å². The van der Waals surface area contributed by atoms with Crippen LogP contribution in [0.3, 0.4) is 0 Å². The molecule has 0 saturated heterocycles. The van der Waals surface area contributed by atoms with Gasteiger partial charge in [-0.3, -0.25) is 0 Å². The van der Waals surface area contributed by atoms with E-state index in [-0.39, 0.29) is 34.7 Å². The zero-order chi connectivity index (χ0) is 26.7. The van der Waals surface area contributed by atoms with Crippen molar-refractivity contribution in [3.05, 3.63) is 11.6 Å². The molecule has 4 saturated carbocycles. The van der Waals surface area contributed by atoms with Gasteiger partial charge >= 0.3 is 0 Å². The maximum Gasteiger partial charge on any atom is 0.128 e. The van der Waals surface area contributed by atoms with Gasteiger partial charge in [-0.2, -0.15) is 0 Å². The molecule has 4 fully saturated rings. The fourth-order valence-electron chi connectivity index (χ4n) is 10.8. The zero-order valence-corrected chi connectivity index (χ0v) is 23.0. The quantitative estimate of drug-likeness (QED) is 0.291. The number of aliphatic hydroxyl groups is 5. The lowest BCUT2D eigenvalue weighted by molar-refractivity contribution is -0.256. The van der Waals surface area contributed by atoms with Gasteiger partial charge in [0.1, 0.15) is 6.29 Å². The van der Waals surface area contributed by atoms with E-state index in [9.17, 15) is 30.3 Å². The third kappa shape index (κ3) is 2.89. The molecule has 5 aliphatic carbocycles. The molecule has 0 aromatic carbocycles. The summed E-state index contributed by atoms with van der Waals surface area (Å²) in [4.78, 5) is 12.3. The van der Waals surface area contributed by atoms with Crippen LogP contribution in [-0.2, 0) is 4.79 Å². The number of allylic oxidation sites excluding steroid dienone is 2. The van der Waals surface area contributed by atoms with E-state index in [0.29, 0.717) is 25.2 Å². The highest BCUT2D eigenvalue weighted by atomic mass is 16.3. The van der Waals surface area contributed by atoms with Crippen LogP contribution in [0.25, 0.3) is 0 Å². The Labute approximate surface area is 216 Å². The minimum Gasteiger partial charge on any atom is -0.396 e. The van der Waals surface area contributed by atoms with Crippen LogP contribution >= 0.6 is 0 Å². The first-order chi connectivity index (χ1) is 16.6. The highest BCUT2D eigenvalue weighted by Crippen LogP contribution is 2.75. The minimum atomic E-state index is -1.20. The van der Waals surface area contributed by atoms with Crippen molar-refractivity contribution in [2.45, 2.75) is 111 Å². The molecule has 0 aliphatic heterocycles. The molecule has 6 heteroatoms. The van der Waals surface area contributed by atoms with Crippen LogP contribution in [0.4, 0.5) is 0 Å². The highest BCUT2D eigenvalue weighted by Gasteiger charge is 2.72. The Hall–Kier alpha value is -0.790. The Morgan fingerprint density at radius 1 is 0.889 bits per heavy atom. The standard InChI is InChI=1S/C30H48O6/c1-25(2)13-18-17-7-8-20-26(3)11-10-21(33)27(4,15-31)19(26)9-12-28(20,5)29(17,6)14-22(34)30(18,16-32)24(36)23(25)35/h7,15,18-24,32-36H,8-14,16H2,1-6H3/t18-,19-,20+,21-,22+,23-,24-,26-,27-,28+,29+,30-/m0/s1. The highest BCUT2D eigenvalue weighted by molar-refractivity contribution is 5.61. The molecule has 12 atom stereocenters. The molecule has 0 aromatic rings. The molecule has 5 aliphatic rings. The summed E-state index contributed by atoms with van der Waals surface area (Å²) in [7, 11) is 0. The number of hydrogen-bond acceptors (Lipinski definition) is 6. The van der Waals surface area contributed by atoms with Gasteiger partial charge in [0.25, 0.3) is 0 Å². The van der Waals surface area contributed by atoms with Crippen LogP contribution in [0.15, 0.2) is 11.6 Å². The van der Waals surface area contributed by atoms with Crippen molar-refractivity contribution in [3.8, 4) is 0 Å². The van der Waals surface area contributed by atoms with Gasteiger partial charge in [-0.05, 0) is 84.4 Å². The van der Waals surface area contributed by atoms with E-state index in [1.165, 1.54) is 5.57 Å². The Balaban J connectivity index is 1.63. The van der Waals surface area contributed by atoms with Crippen LogP contribution in [0, 0.1) is 50.2 Å². The number of aldehydes is 1. The monoisotopic (exact) mass is 504 g/mol. The average Bonchev–Trinajstić information content (AvgIpc) is 2.81. The van der Waals surface area contributed by atoms with Gasteiger partial charge in [0.15, 0.2) is 0 Å². The maximum atomic E-state index is 12.3. The van der Waals surface area contributed by atoms with Gasteiger partial charge in [-0.1, -0.05) is 53.2 Å². The minimum absolute atomic E-state index is 0.106. The summed E-state index contributed by atoms with van der Waals surface area (Å²) in [6.07, 6.45) is 4.72. The van der Waals surface area contributed by atoms with E-state index in [0.717, 1.165) is 32.0 Å². The van der Waals surface area contributed by atoms with Crippen molar-refractivity contribution in [1.82, 2.24) is 0 Å². The van der Waals surface area contributed by atoms with E-state index in [2.05, 4.69) is 26.8 Å². The zero-order valence-electron chi connectivity index (χ0n) is 23.0. The SMILES string of the molecule is CC1(C)C[C@H]2C3=CC[C@@H]4[C@@]5(C)CC[C@H](O)[C@@](C)(C=O)[C@H]5CC[C@@]4(C)[C@]3(C)C[C@@H](O)[C@@]2(CO)[C@@H](O)[C@@H]1O. The number of carbonyl (C=O) groups is 1. The van der Waals surface area contributed by atoms with Crippen LogP contribution in [-0.4, -0.2) is 62.8 Å². The lowest BCUT2D eigenvalue weighted by Crippen LogP contribution is -2.71. The number of aliphatic hydroxyl groups excluding tert-OH is 5. The normalized spacial score (nSPS) is 58.0. The van der Waals surface area contributed by atoms with Gasteiger partial charge in [-0.15, -0.1) is 0 Å². The molecule has 0 heterocycles. The summed E-state index contributed by atoms with van der Waals surface area (Å²) in [5, 5.41) is 55.6. The summed E-state index contributed by atoms with van der Waals surface area (Å²) in [5.41, 5.74) is -1.81. The number of carbonyl (C=O) groups excluding carboxylic acids is 1. The maximum absolute atomic E-state index is 12.3. The van der Waals surface area contributed by atoms with Crippen molar-refractivity contribution in [2.75, 3.05) is 6.61 Å². The topological polar surface area (TPSA) is 118 Å². The number of rotatable bonds is 2. The third-order valence-corrected chi connectivity index (χ3v) is 13.4. The van der Waals surface area contributed by atoms with Crippen molar-refractivity contribution in [1.29, 1.82) is 0 Å². The van der Waals surface area contributed by atoms with Gasteiger partial charge < -0.3 is 30.3 Å². The molecule has 0 amide bonds. The molecule has 0 bridgehead atoms. The number of fused-ring (bicyclic) bond motifs is 7. The first-order valence-electron chi connectivity index (χ1n) is 14.1. The Kier molecular flexibility index (Phi) is 5.86. The van der Waals surface area contributed by atoms with Crippen LogP contribution < -0.4 is 0 Å². The molecular weight excluding hydrogens is 456 g/mol. The lowest BCUT2D eigenvalue weighted by atomic mass is 9.33. The van der Waals surface area contributed by atoms with Crippen molar-refractivity contribution in [2.24, 2.45) is 50.2 Å². The Morgan fingerprint density at radius 2 is 1.56 bits per heavy atom. The molecule has 0 unspecified atom stereocenters. The van der Waals surface area contributed by atoms with E-state index >= 15 is 0 Å². The van der Waals surface area contributed by atoms with Crippen molar-refractivity contribution >= 4 is 6.29 Å². The van der Waals surface area contributed by atoms with Crippen molar-refractivity contribution < 1.29 is 30.3 Å². The second kappa shape index (κ2) is 7.88. The summed E-state index contributed by atoms with van der Waals surface area (Å²) in [6, 6.07) is 0. The predicted molar refractivity (Wildman–Crippen MR) is 137 cm³/mol. The first-order valence-corrected chi connectivity index (χ1v) is 14.1. The average molecular weight is 505 g/mol. The second-order valence-electron chi connectivity index (χ2n) is 15.0. The summed E-state index contributed by atoms with van der Waals surface area (Å²) >= 11 is 0. The fraction of sp³-hybridized carbons (Fsp3) is 0.900. The molecule has 204 valence electrons. The lowest BCUT2D eigenvalue weighted by Gasteiger charge is -2.72. The summed E-state index contributed by atoms with van der Waals surface area (Å²) in [5.74, 6) is 0.185. The van der Waals surface area contributed by atoms with Crippen LogP contribution in [0.5, 0.6) is 0 Å². The molecule has 6 nitrogen and oxygen atoms in total. The van der Waals surface area contributed by atoms with Gasteiger partial charge in [0, 0.05) is 0 Å². The Bertz CT molecular complexity index is 961. The van der Waals surface area contributed by atoms with E-state index in [4.69, 9.17) is 0 Å². The second-order valence-corrected chi connectivity index (χ2v) is 15.0. The van der Waals surface area contributed by atoms with Gasteiger partial charge in [0.2, 0.25) is 0 Å². The largest absolute Gasteiger partial charge is 0.396 e. The van der Waals surface area contributed by atoms with E-state index < -0.39 is 40.7 Å². The fourth-order valence-corrected chi connectivity index (χ4v) is 10.8. The third-order valence-electron chi connectivity index (χ3n) is 13.4. The van der Waals surface area contributed by atoms with E-state index in [1.807, 2.05) is 20.8 Å². The van der Waals surface area contributed by atoms with Crippen molar-refractivity contribution in [3.63, 3.8) is 0 Å². The molecular formula is C30H48O6. The molecule has 5 N–H and O–H groups in total. The molecule has 0 radical (unpaired) electrons. The van der Waals surface area contributed by atoms with Gasteiger partial charge in [0.05, 0.1) is 41.9 Å². The summed E-state index contributed by atoms with van der Waals surface area (Å²) < 4.78 is 0. The smallest absolute Gasteiger partial charge is 0.128 e. The molecule has 0 aromatic heterocycles. The predicted octanol–water partition coefficient (Wildman–Crippen LogP) is 3.23. The van der Waals surface area contributed by atoms with Crippen LogP contribution in [0.2, 0.25) is 0 Å².